The third-order valence-electron chi connectivity index (χ3n) is 8.40. The number of hydrogen-bond acceptors (Lipinski definition) is 5. The van der Waals surface area contributed by atoms with Crippen LogP contribution in [0.15, 0.2) is 79.4 Å². The molecule has 2 aliphatic heterocycles. The molecule has 46 heavy (non-hydrogen) atoms. The van der Waals surface area contributed by atoms with Crippen LogP contribution < -0.4 is 10.0 Å². The van der Waals surface area contributed by atoms with Crippen LogP contribution >= 0.6 is 0 Å². The van der Waals surface area contributed by atoms with Crippen LogP contribution in [0.1, 0.15) is 41.2 Å². The normalized spacial score (nSPS) is 18.7. The summed E-state index contributed by atoms with van der Waals surface area (Å²) in [6.07, 6.45) is 2.15. The first-order valence-corrected chi connectivity index (χ1v) is 16.4. The predicted octanol–water partition coefficient (Wildman–Crippen LogP) is 4.15. The van der Waals surface area contributed by atoms with Crippen molar-refractivity contribution in [3.8, 4) is 0 Å². The largest absolute Gasteiger partial charge is 0.333 e. The third-order valence-corrected chi connectivity index (χ3v) is 8.81. The number of carbonyl (C=O) groups is 3. The van der Waals surface area contributed by atoms with Gasteiger partial charge in [0.05, 0.1) is 13.1 Å². The van der Waals surface area contributed by atoms with Crippen molar-refractivity contribution in [2.24, 2.45) is 0 Å². The Labute approximate surface area is 272 Å². The van der Waals surface area contributed by atoms with Gasteiger partial charge in [-0.1, -0.05) is 80.2 Å². The number of fused-ring (bicyclic) bond motifs is 1. The molecular weight excluding hydrogens is 604 g/mol. The second-order valence-electron chi connectivity index (χ2n) is 11.5. The van der Waals surface area contributed by atoms with Crippen molar-refractivity contribution in [3.63, 3.8) is 0 Å². The highest BCUT2D eigenvalue weighted by atomic mass is 32.2. The Bertz CT molecular complexity index is 1600. The number of piperazine rings is 1. The number of carbonyl (C=O) groups excluding carboxylic acids is 3. The number of nitrogens with zero attached hydrogens (tertiary/aromatic N) is 4. The van der Waals surface area contributed by atoms with E-state index >= 15 is 0 Å². The van der Waals surface area contributed by atoms with Crippen LogP contribution in [0.5, 0.6) is 0 Å². The molecule has 2 fully saturated rings. The summed E-state index contributed by atoms with van der Waals surface area (Å²) < 4.78 is 22.8. The van der Waals surface area contributed by atoms with Gasteiger partial charge in [-0.05, 0) is 53.3 Å². The van der Waals surface area contributed by atoms with Gasteiger partial charge < -0.3 is 15.1 Å². The average molecular weight is 645 g/mol. The Morgan fingerprint density at radius 3 is 2.48 bits per heavy atom. The molecule has 2 heterocycles. The van der Waals surface area contributed by atoms with Crippen LogP contribution in [0.2, 0.25) is 0 Å². The number of amides is 4. The number of aryl methyl sites for hydroxylation is 1. The molecule has 5 rings (SSSR count). The lowest BCUT2D eigenvalue weighted by atomic mass is 9.98. The van der Waals surface area contributed by atoms with E-state index in [0.29, 0.717) is 31.7 Å². The minimum atomic E-state index is -2.21. The zero-order valence-corrected chi connectivity index (χ0v) is 26.9. The Balaban J connectivity index is 1.45. The van der Waals surface area contributed by atoms with E-state index in [9.17, 15) is 18.6 Å². The molecule has 3 aromatic rings. The van der Waals surface area contributed by atoms with E-state index in [2.05, 4.69) is 16.6 Å². The molecule has 0 bridgehead atoms. The molecule has 12 heteroatoms. The average Bonchev–Trinajstić information content (AvgIpc) is 3.36. The summed E-state index contributed by atoms with van der Waals surface area (Å²) in [5, 5.41) is 6.40. The number of urea groups is 1. The van der Waals surface area contributed by atoms with Gasteiger partial charge in [-0.25, -0.2) is 9.00 Å². The van der Waals surface area contributed by atoms with Gasteiger partial charge in [0.25, 0.3) is 11.3 Å². The first-order chi connectivity index (χ1) is 22.2. The second-order valence-corrected chi connectivity index (χ2v) is 12.2. The van der Waals surface area contributed by atoms with Crippen molar-refractivity contribution in [1.29, 1.82) is 0 Å². The standard InChI is InChI=1S/C34H40N6O5S/c1-4-18-38(34(43)35-20-26-11-7-6-8-12-26)39-23-32(41)40-30(19-25-14-16-28(17-15-25)36-46(44)45)33(42)37(22-31(39)40)21-27-13-9-10-24(3)29(27)5-2/h5-17,30-31,36H,2,4,18-23H2,1,3H3,(H,35,43)(H,44,45)/t30-,31+/m0/s1. The molecule has 4 amide bonds. The zero-order chi connectivity index (χ0) is 32.8. The second kappa shape index (κ2) is 14.7. The molecule has 2 aliphatic rings. The number of benzene rings is 3. The van der Waals surface area contributed by atoms with E-state index in [0.717, 1.165) is 27.8 Å². The van der Waals surface area contributed by atoms with Gasteiger partial charge >= 0.3 is 6.03 Å². The smallest absolute Gasteiger partial charge is 0.332 e. The summed E-state index contributed by atoms with van der Waals surface area (Å²) in [5.74, 6) is -0.409. The maximum absolute atomic E-state index is 14.2. The van der Waals surface area contributed by atoms with Crippen molar-refractivity contribution >= 4 is 40.9 Å². The van der Waals surface area contributed by atoms with Gasteiger partial charge in [0.1, 0.15) is 12.2 Å². The summed E-state index contributed by atoms with van der Waals surface area (Å²) in [5.41, 5.74) is 5.16. The Hall–Kier alpha value is -4.52. The molecule has 0 spiro atoms. The van der Waals surface area contributed by atoms with E-state index in [1.165, 1.54) is 0 Å². The van der Waals surface area contributed by atoms with Gasteiger partial charge in [-0.15, -0.1) is 0 Å². The van der Waals surface area contributed by atoms with Crippen LogP contribution in [0.4, 0.5) is 10.5 Å². The molecule has 242 valence electrons. The summed E-state index contributed by atoms with van der Waals surface area (Å²) in [4.78, 5) is 45.0. The van der Waals surface area contributed by atoms with Gasteiger partial charge in [0, 0.05) is 31.7 Å². The number of hydrazine groups is 1. The highest BCUT2D eigenvalue weighted by Gasteiger charge is 2.52. The third kappa shape index (κ3) is 7.30. The van der Waals surface area contributed by atoms with Crippen LogP contribution in [-0.2, 0) is 40.4 Å². The summed E-state index contributed by atoms with van der Waals surface area (Å²) in [6.45, 7) is 9.22. The number of rotatable bonds is 12. The van der Waals surface area contributed by atoms with Crippen molar-refractivity contribution < 1.29 is 23.1 Å². The molecule has 3 N–H and O–H groups in total. The number of anilines is 1. The van der Waals surface area contributed by atoms with Crippen LogP contribution in [0, 0.1) is 6.92 Å². The molecule has 0 aromatic heterocycles. The van der Waals surface area contributed by atoms with Crippen LogP contribution in [0.3, 0.4) is 0 Å². The van der Waals surface area contributed by atoms with Crippen molar-refractivity contribution in [1.82, 2.24) is 25.1 Å². The fraction of sp³-hybridized carbons (Fsp3) is 0.324. The molecule has 0 saturated carbocycles. The summed E-state index contributed by atoms with van der Waals surface area (Å²) in [6, 6.07) is 21.3. The van der Waals surface area contributed by atoms with Gasteiger partial charge in [0.15, 0.2) is 0 Å². The Kier molecular flexibility index (Phi) is 10.5. The van der Waals surface area contributed by atoms with Gasteiger partial charge in [0.2, 0.25) is 11.8 Å². The lowest BCUT2D eigenvalue weighted by Crippen LogP contribution is -2.66. The van der Waals surface area contributed by atoms with Crippen LogP contribution in [-0.4, -0.2) is 78.3 Å². The highest BCUT2D eigenvalue weighted by molar-refractivity contribution is 7.80. The summed E-state index contributed by atoms with van der Waals surface area (Å²) >= 11 is -2.21. The number of hydrogen-bond donors (Lipinski definition) is 3. The Morgan fingerprint density at radius 1 is 1.07 bits per heavy atom. The molecule has 11 nitrogen and oxygen atoms in total. The van der Waals surface area contributed by atoms with E-state index in [1.54, 1.807) is 50.2 Å². The minimum absolute atomic E-state index is 0.0332. The van der Waals surface area contributed by atoms with E-state index in [1.807, 2.05) is 62.4 Å². The van der Waals surface area contributed by atoms with Crippen molar-refractivity contribution in [2.75, 3.05) is 24.4 Å². The SMILES string of the molecule is C=Cc1c(C)cccc1CN1C[C@H]2N(C(=O)CN2N(CCC)C(=O)NCc2ccccc2)[C@@H](Cc2ccc(NS(=O)O)cc2)C1=O. The quantitative estimate of drug-likeness (QED) is 0.255. The molecule has 1 unspecified atom stereocenters. The zero-order valence-electron chi connectivity index (χ0n) is 26.1. The van der Waals surface area contributed by atoms with Gasteiger partial charge in [-0.3, -0.25) is 23.9 Å². The minimum Gasteiger partial charge on any atom is -0.333 e. The monoisotopic (exact) mass is 644 g/mol. The highest BCUT2D eigenvalue weighted by Crippen LogP contribution is 2.31. The predicted molar refractivity (Wildman–Crippen MR) is 178 cm³/mol. The first-order valence-electron chi connectivity index (χ1n) is 15.3. The molecule has 3 aromatic carbocycles. The van der Waals surface area contributed by atoms with Crippen LogP contribution in [0.25, 0.3) is 6.08 Å². The lowest BCUT2D eigenvalue weighted by molar-refractivity contribution is -0.157. The van der Waals surface area contributed by atoms with Crippen molar-refractivity contribution in [3.05, 3.63) is 107 Å². The fourth-order valence-corrected chi connectivity index (χ4v) is 6.56. The molecule has 0 aliphatic carbocycles. The molecule has 3 atom stereocenters. The maximum Gasteiger partial charge on any atom is 0.332 e. The fourth-order valence-electron chi connectivity index (χ4n) is 6.22. The molecule has 0 radical (unpaired) electrons. The van der Waals surface area contributed by atoms with E-state index in [4.69, 9.17) is 4.55 Å². The van der Waals surface area contributed by atoms with Gasteiger partial charge in [-0.2, -0.15) is 5.01 Å². The van der Waals surface area contributed by atoms with E-state index in [-0.39, 0.29) is 37.4 Å². The molecular formula is C34H40N6O5S. The Morgan fingerprint density at radius 2 is 1.80 bits per heavy atom. The summed E-state index contributed by atoms with van der Waals surface area (Å²) in [7, 11) is 0. The topological polar surface area (TPSA) is 126 Å². The van der Waals surface area contributed by atoms with E-state index < -0.39 is 23.5 Å². The lowest BCUT2D eigenvalue weighted by Gasteiger charge is -2.46. The number of nitrogens with one attached hydrogen (secondary N) is 2. The van der Waals surface area contributed by atoms with Crippen molar-refractivity contribution in [2.45, 2.75) is 52.0 Å². The first kappa shape index (κ1) is 32.9. The molecule has 2 saturated heterocycles. The maximum atomic E-state index is 14.2.